The van der Waals surface area contributed by atoms with Gasteiger partial charge in [-0.3, -0.25) is 9.97 Å². The molecule has 4 nitrogen and oxygen atoms in total. The Kier molecular flexibility index (Phi) is 5.53. The highest BCUT2D eigenvalue weighted by atomic mass is 19.1. The number of aromatic nitrogens is 2. The predicted octanol–water partition coefficient (Wildman–Crippen LogP) is 5.01. The Balaban J connectivity index is 1.59. The first-order valence-corrected chi connectivity index (χ1v) is 10.0. The van der Waals surface area contributed by atoms with Crippen LogP contribution in [0.5, 0.6) is 11.5 Å². The van der Waals surface area contributed by atoms with Gasteiger partial charge in [-0.05, 0) is 75.5 Å². The number of likely N-dealkylation sites (tertiary alicyclic amines) is 1. The number of fused-ring (bicyclic) bond motifs is 1. The number of piperidine rings is 1. The molecular weight excluding hydrogens is 353 g/mol. The van der Waals surface area contributed by atoms with Crippen LogP contribution in [0, 0.1) is 11.7 Å². The predicted molar refractivity (Wildman–Crippen MR) is 109 cm³/mol. The first-order valence-electron chi connectivity index (χ1n) is 10.0. The molecule has 0 radical (unpaired) electrons. The Morgan fingerprint density at radius 2 is 1.96 bits per heavy atom. The van der Waals surface area contributed by atoms with E-state index < -0.39 is 0 Å². The van der Waals surface area contributed by atoms with Crippen molar-refractivity contribution in [3.05, 3.63) is 59.8 Å². The summed E-state index contributed by atoms with van der Waals surface area (Å²) in [7, 11) is 2.19. The van der Waals surface area contributed by atoms with Crippen molar-refractivity contribution in [1.82, 2.24) is 14.9 Å². The molecule has 0 spiro atoms. The standard InChI is InChI=1S/C23H26FN3O/c1-3-21-20(24)14-18(15-26-21)28-23-6-9-25-22-5-4-17(13-19(22)23)12-16-7-10-27(2)11-8-16/h4-6,9,13-16H,3,7-8,10-12H2,1-2H3. The lowest BCUT2D eigenvalue weighted by molar-refractivity contribution is 0.219. The summed E-state index contributed by atoms with van der Waals surface area (Å²) in [5, 5.41) is 0.952. The van der Waals surface area contributed by atoms with Crippen LogP contribution in [-0.4, -0.2) is 35.0 Å². The van der Waals surface area contributed by atoms with E-state index in [-0.39, 0.29) is 5.82 Å². The van der Waals surface area contributed by atoms with Crippen molar-refractivity contribution >= 4 is 10.9 Å². The van der Waals surface area contributed by atoms with E-state index in [0.29, 0.717) is 23.6 Å². The van der Waals surface area contributed by atoms with E-state index in [4.69, 9.17) is 4.74 Å². The quantitative estimate of drug-likeness (QED) is 0.625. The van der Waals surface area contributed by atoms with Crippen LogP contribution < -0.4 is 4.74 Å². The van der Waals surface area contributed by atoms with Gasteiger partial charge in [-0.1, -0.05) is 13.0 Å². The molecule has 1 aliphatic rings. The first-order chi connectivity index (χ1) is 13.6. The third-order valence-electron chi connectivity index (χ3n) is 5.58. The summed E-state index contributed by atoms with van der Waals surface area (Å²) < 4.78 is 20.0. The van der Waals surface area contributed by atoms with E-state index in [2.05, 4.69) is 34.0 Å². The fourth-order valence-corrected chi connectivity index (χ4v) is 3.88. The minimum absolute atomic E-state index is 0.332. The minimum Gasteiger partial charge on any atom is -0.455 e. The largest absolute Gasteiger partial charge is 0.455 e. The number of hydrogen-bond acceptors (Lipinski definition) is 4. The molecule has 0 N–H and O–H groups in total. The van der Waals surface area contributed by atoms with E-state index in [1.807, 2.05) is 19.1 Å². The average Bonchev–Trinajstić information content (AvgIpc) is 2.70. The molecule has 146 valence electrons. The smallest absolute Gasteiger partial charge is 0.148 e. The summed E-state index contributed by atoms with van der Waals surface area (Å²) in [4.78, 5) is 11.0. The molecule has 0 aliphatic carbocycles. The Hall–Kier alpha value is -2.53. The van der Waals surface area contributed by atoms with Crippen LogP contribution in [-0.2, 0) is 12.8 Å². The van der Waals surface area contributed by atoms with Gasteiger partial charge in [0.25, 0.3) is 0 Å². The molecule has 4 rings (SSSR count). The number of pyridine rings is 2. The summed E-state index contributed by atoms with van der Waals surface area (Å²) in [6.07, 6.45) is 7.40. The van der Waals surface area contributed by atoms with E-state index in [0.717, 1.165) is 23.2 Å². The number of rotatable bonds is 5. The van der Waals surface area contributed by atoms with Crippen molar-refractivity contribution < 1.29 is 9.13 Å². The SMILES string of the molecule is CCc1ncc(Oc2ccnc3ccc(CC4CCN(C)CC4)cc23)cc1F. The number of halogens is 1. The van der Waals surface area contributed by atoms with Crippen molar-refractivity contribution in [2.24, 2.45) is 5.92 Å². The van der Waals surface area contributed by atoms with E-state index in [9.17, 15) is 4.39 Å². The van der Waals surface area contributed by atoms with Gasteiger partial charge in [0.05, 0.1) is 17.4 Å². The van der Waals surface area contributed by atoms with Gasteiger partial charge in [0.1, 0.15) is 17.3 Å². The molecule has 3 heterocycles. The van der Waals surface area contributed by atoms with Crippen molar-refractivity contribution in [1.29, 1.82) is 0 Å². The van der Waals surface area contributed by atoms with E-state index >= 15 is 0 Å². The molecule has 5 heteroatoms. The Morgan fingerprint density at radius 1 is 1.14 bits per heavy atom. The summed E-state index contributed by atoms with van der Waals surface area (Å²) in [6.45, 7) is 4.22. The fraction of sp³-hybridized carbons (Fsp3) is 0.391. The third-order valence-corrected chi connectivity index (χ3v) is 5.58. The zero-order chi connectivity index (χ0) is 19.5. The van der Waals surface area contributed by atoms with E-state index in [1.165, 1.54) is 37.6 Å². The number of benzene rings is 1. The zero-order valence-corrected chi connectivity index (χ0v) is 16.5. The monoisotopic (exact) mass is 379 g/mol. The van der Waals surface area contributed by atoms with Crippen molar-refractivity contribution in [3.8, 4) is 11.5 Å². The molecule has 0 atom stereocenters. The lowest BCUT2D eigenvalue weighted by Gasteiger charge is -2.29. The average molecular weight is 379 g/mol. The van der Waals surface area contributed by atoms with Gasteiger partial charge < -0.3 is 9.64 Å². The maximum Gasteiger partial charge on any atom is 0.148 e. The lowest BCUT2D eigenvalue weighted by Crippen LogP contribution is -2.30. The number of aryl methyl sites for hydroxylation is 1. The molecule has 1 aromatic carbocycles. The second-order valence-corrected chi connectivity index (χ2v) is 7.67. The molecule has 0 saturated carbocycles. The first kappa shape index (κ1) is 18.8. The Morgan fingerprint density at radius 3 is 2.71 bits per heavy atom. The highest BCUT2D eigenvalue weighted by molar-refractivity contribution is 5.85. The van der Waals surface area contributed by atoms with E-state index in [1.54, 1.807) is 12.4 Å². The molecule has 0 bridgehead atoms. The molecule has 28 heavy (non-hydrogen) atoms. The number of nitrogens with zero attached hydrogens (tertiary/aromatic N) is 3. The molecule has 1 aliphatic heterocycles. The third kappa shape index (κ3) is 4.14. The van der Waals surface area contributed by atoms with Gasteiger partial charge in [0.15, 0.2) is 0 Å². The molecule has 0 amide bonds. The van der Waals surface area contributed by atoms with Crippen LogP contribution in [0.15, 0.2) is 42.7 Å². The summed E-state index contributed by atoms with van der Waals surface area (Å²) >= 11 is 0. The summed E-state index contributed by atoms with van der Waals surface area (Å²) in [5.41, 5.74) is 2.63. The van der Waals surface area contributed by atoms with Gasteiger partial charge in [0.2, 0.25) is 0 Å². The zero-order valence-electron chi connectivity index (χ0n) is 16.5. The Bertz CT molecular complexity index is 967. The van der Waals surface area contributed by atoms with Crippen LogP contribution in [0.1, 0.15) is 31.0 Å². The number of hydrogen-bond donors (Lipinski definition) is 0. The van der Waals surface area contributed by atoms with Crippen LogP contribution >= 0.6 is 0 Å². The topological polar surface area (TPSA) is 38.3 Å². The van der Waals surface area contributed by atoms with Crippen LogP contribution in [0.2, 0.25) is 0 Å². The highest BCUT2D eigenvalue weighted by Crippen LogP contribution is 2.31. The molecule has 1 fully saturated rings. The highest BCUT2D eigenvalue weighted by Gasteiger charge is 2.17. The maximum atomic E-state index is 14.1. The normalized spacial score (nSPS) is 15.8. The van der Waals surface area contributed by atoms with Gasteiger partial charge in [0, 0.05) is 17.6 Å². The fourth-order valence-electron chi connectivity index (χ4n) is 3.88. The van der Waals surface area contributed by atoms with Crippen molar-refractivity contribution in [2.45, 2.75) is 32.6 Å². The lowest BCUT2D eigenvalue weighted by atomic mass is 9.90. The van der Waals surface area contributed by atoms with Crippen LogP contribution in [0.3, 0.4) is 0 Å². The van der Waals surface area contributed by atoms with Gasteiger partial charge in [-0.2, -0.15) is 0 Å². The second kappa shape index (κ2) is 8.23. The second-order valence-electron chi connectivity index (χ2n) is 7.67. The molecule has 1 saturated heterocycles. The van der Waals surface area contributed by atoms with Crippen LogP contribution in [0.25, 0.3) is 10.9 Å². The molecule has 0 unspecified atom stereocenters. The maximum absolute atomic E-state index is 14.1. The van der Waals surface area contributed by atoms with Gasteiger partial charge in [-0.25, -0.2) is 4.39 Å². The van der Waals surface area contributed by atoms with Crippen LogP contribution in [0.4, 0.5) is 4.39 Å². The van der Waals surface area contributed by atoms with Crippen molar-refractivity contribution in [3.63, 3.8) is 0 Å². The summed E-state index contributed by atoms with van der Waals surface area (Å²) in [5.74, 6) is 1.47. The molecule has 3 aromatic rings. The van der Waals surface area contributed by atoms with Gasteiger partial charge in [-0.15, -0.1) is 0 Å². The molecule has 2 aromatic heterocycles. The number of ether oxygens (including phenoxy) is 1. The Labute approximate surface area is 165 Å². The summed E-state index contributed by atoms with van der Waals surface area (Å²) in [6, 6.07) is 9.61. The van der Waals surface area contributed by atoms with Crippen molar-refractivity contribution in [2.75, 3.05) is 20.1 Å². The molecular formula is C23H26FN3O. The minimum atomic E-state index is -0.332. The van der Waals surface area contributed by atoms with Gasteiger partial charge >= 0.3 is 0 Å².